The van der Waals surface area contributed by atoms with E-state index in [-0.39, 0.29) is 5.91 Å². The maximum absolute atomic E-state index is 12.0. The van der Waals surface area contributed by atoms with E-state index >= 15 is 0 Å². The zero-order chi connectivity index (χ0) is 13.9. The third kappa shape index (κ3) is 2.91. The Bertz CT molecular complexity index is 599. The van der Waals surface area contributed by atoms with Crippen LogP contribution in [0.5, 0.6) is 0 Å². The highest BCUT2D eigenvalue weighted by atomic mass is 32.1. The number of ether oxygens (including phenoxy) is 1. The van der Waals surface area contributed by atoms with Gasteiger partial charge in [-0.25, -0.2) is 0 Å². The summed E-state index contributed by atoms with van der Waals surface area (Å²) in [4.78, 5) is 14.4. The molecule has 0 aromatic carbocycles. The molecule has 0 saturated carbocycles. The van der Waals surface area contributed by atoms with Crippen LogP contribution < -0.4 is 5.32 Å². The predicted octanol–water partition coefficient (Wildman–Crippen LogP) is 2.21. The highest BCUT2D eigenvalue weighted by molar-refractivity contribution is 7.15. The van der Waals surface area contributed by atoms with E-state index < -0.39 is 0 Å². The van der Waals surface area contributed by atoms with Gasteiger partial charge < -0.3 is 10.1 Å². The lowest BCUT2D eigenvalue weighted by molar-refractivity contribution is 0.0940. The van der Waals surface area contributed by atoms with Crippen LogP contribution >= 0.6 is 11.3 Å². The van der Waals surface area contributed by atoms with Gasteiger partial charge in [0, 0.05) is 23.9 Å². The molecule has 0 radical (unpaired) electrons. The molecule has 0 bridgehead atoms. The van der Waals surface area contributed by atoms with Gasteiger partial charge >= 0.3 is 0 Å². The van der Waals surface area contributed by atoms with Crippen LogP contribution in [0.15, 0.2) is 18.2 Å². The van der Waals surface area contributed by atoms with Gasteiger partial charge in [0.2, 0.25) is 0 Å². The summed E-state index contributed by atoms with van der Waals surface area (Å²) < 4.78 is 5.29. The summed E-state index contributed by atoms with van der Waals surface area (Å²) >= 11 is 1.68. The van der Waals surface area contributed by atoms with Crippen LogP contribution in [-0.4, -0.2) is 35.9 Å². The first-order valence-corrected chi connectivity index (χ1v) is 7.52. The molecule has 2 aromatic rings. The van der Waals surface area contributed by atoms with Crippen molar-refractivity contribution in [1.29, 1.82) is 0 Å². The Hall–Kier alpha value is -1.66. The number of nitrogens with one attached hydrogen (secondary N) is 2. The number of hydrogen-bond acceptors (Lipinski definition) is 4. The van der Waals surface area contributed by atoms with Crippen LogP contribution in [0.2, 0.25) is 0 Å². The normalized spacial score (nSPS) is 18.4. The number of aryl methyl sites for hydroxylation is 1. The van der Waals surface area contributed by atoms with Gasteiger partial charge in [-0.2, -0.15) is 5.10 Å². The third-order valence-electron chi connectivity index (χ3n) is 3.39. The van der Waals surface area contributed by atoms with E-state index in [1.807, 2.05) is 6.07 Å². The Balaban J connectivity index is 1.62. The molecule has 20 heavy (non-hydrogen) atoms. The van der Waals surface area contributed by atoms with E-state index in [4.69, 9.17) is 4.74 Å². The number of H-pyrrole nitrogens is 1. The van der Waals surface area contributed by atoms with Gasteiger partial charge in [0.1, 0.15) is 0 Å². The largest absolute Gasteiger partial charge is 0.381 e. The Morgan fingerprint density at radius 3 is 3.20 bits per heavy atom. The summed E-state index contributed by atoms with van der Waals surface area (Å²) in [6.07, 6.45) is 1.01. The molecule has 5 nitrogen and oxygen atoms in total. The zero-order valence-electron chi connectivity index (χ0n) is 11.3. The van der Waals surface area contributed by atoms with E-state index in [0.29, 0.717) is 18.2 Å². The minimum absolute atomic E-state index is 0.132. The van der Waals surface area contributed by atoms with Crippen molar-refractivity contribution in [2.75, 3.05) is 19.8 Å². The molecule has 1 aliphatic rings. The third-order valence-corrected chi connectivity index (χ3v) is 4.43. The molecular formula is C14H17N3O2S. The summed E-state index contributed by atoms with van der Waals surface area (Å²) in [5, 5.41) is 9.92. The average Bonchev–Trinajstić information content (AvgIpc) is 3.16. The van der Waals surface area contributed by atoms with Crippen molar-refractivity contribution in [3.05, 3.63) is 28.8 Å². The second kappa shape index (κ2) is 5.76. The molecule has 1 amide bonds. The quantitative estimate of drug-likeness (QED) is 0.907. The average molecular weight is 291 g/mol. The van der Waals surface area contributed by atoms with Gasteiger partial charge in [0.25, 0.3) is 5.91 Å². The number of nitrogens with zero attached hydrogens (tertiary/aromatic N) is 1. The van der Waals surface area contributed by atoms with Crippen LogP contribution in [0.3, 0.4) is 0 Å². The molecule has 3 rings (SSSR count). The van der Waals surface area contributed by atoms with Crippen LogP contribution in [-0.2, 0) is 4.74 Å². The Morgan fingerprint density at radius 1 is 1.60 bits per heavy atom. The Morgan fingerprint density at radius 2 is 2.50 bits per heavy atom. The SMILES string of the molecule is Cc1ccc(-c2cc(C(=O)NC[C@H]3CCOC3)n[nH]2)s1. The molecule has 1 aliphatic heterocycles. The van der Waals surface area contributed by atoms with Crippen molar-refractivity contribution in [3.63, 3.8) is 0 Å². The first kappa shape index (κ1) is 13.3. The van der Waals surface area contributed by atoms with Crippen LogP contribution in [0, 0.1) is 12.8 Å². The number of aromatic nitrogens is 2. The van der Waals surface area contributed by atoms with Crippen molar-refractivity contribution in [2.24, 2.45) is 5.92 Å². The summed E-state index contributed by atoms with van der Waals surface area (Å²) in [7, 11) is 0. The van der Waals surface area contributed by atoms with E-state index in [1.165, 1.54) is 4.88 Å². The second-order valence-corrected chi connectivity index (χ2v) is 6.30. The first-order valence-electron chi connectivity index (χ1n) is 6.70. The molecule has 106 valence electrons. The number of amides is 1. The number of rotatable bonds is 4. The van der Waals surface area contributed by atoms with Crippen LogP contribution in [0.25, 0.3) is 10.6 Å². The van der Waals surface area contributed by atoms with Crippen molar-refractivity contribution >= 4 is 17.2 Å². The standard InChI is InChI=1S/C14H17N3O2S/c1-9-2-3-13(20-9)11-6-12(17-16-11)14(18)15-7-10-4-5-19-8-10/h2-3,6,10H,4-5,7-8H2,1H3,(H,15,18)(H,16,17)/t10-/m1/s1. The molecule has 2 N–H and O–H groups in total. The monoisotopic (exact) mass is 291 g/mol. The Labute approximate surface area is 121 Å². The van der Waals surface area contributed by atoms with Crippen molar-refractivity contribution in [1.82, 2.24) is 15.5 Å². The van der Waals surface area contributed by atoms with Crippen molar-refractivity contribution in [3.8, 4) is 10.6 Å². The minimum atomic E-state index is -0.132. The van der Waals surface area contributed by atoms with E-state index in [1.54, 1.807) is 17.4 Å². The molecule has 3 heterocycles. The predicted molar refractivity (Wildman–Crippen MR) is 77.9 cm³/mol. The van der Waals surface area contributed by atoms with Gasteiger partial charge in [0.05, 0.1) is 17.2 Å². The number of aromatic amines is 1. The fraction of sp³-hybridized carbons (Fsp3) is 0.429. The van der Waals surface area contributed by atoms with Crippen molar-refractivity contribution in [2.45, 2.75) is 13.3 Å². The molecule has 0 aliphatic carbocycles. The highest BCUT2D eigenvalue weighted by Gasteiger charge is 2.18. The maximum atomic E-state index is 12.0. The lowest BCUT2D eigenvalue weighted by Gasteiger charge is -2.07. The lowest BCUT2D eigenvalue weighted by atomic mass is 10.1. The fourth-order valence-electron chi connectivity index (χ4n) is 2.22. The summed E-state index contributed by atoms with van der Waals surface area (Å²) in [6, 6.07) is 5.89. The highest BCUT2D eigenvalue weighted by Crippen LogP contribution is 2.26. The van der Waals surface area contributed by atoms with E-state index in [9.17, 15) is 4.79 Å². The molecular weight excluding hydrogens is 274 g/mol. The molecule has 0 spiro atoms. The number of thiophene rings is 1. The van der Waals surface area contributed by atoms with Crippen LogP contribution in [0.1, 0.15) is 21.8 Å². The molecule has 2 aromatic heterocycles. The smallest absolute Gasteiger partial charge is 0.271 e. The molecule has 6 heteroatoms. The first-order chi connectivity index (χ1) is 9.72. The van der Waals surface area contributed by atoms with E-state index in [2.05, 4.69) is 28.5 Å². The van der Waals surface area contributed by atoms with Crippen LogP contribution in [0.4, 0.5) is 0 Å². The number of hydrogen-bond donors (Lipinski definition) is 2. The van der Waals surface area contributed by atoms with Gasteiger partial charge in [-0.3, -0.25) is 9.89 Å². The lowest BCUT2D eigenvalue weighted by Crippen LogP contribution is -2.29. The zero-order valence-corrected chi connectivity index (χ0v) is 12.1. The van der Waals surface area contributed by atoms with Crippen molar-refractivity contribution < 1.29 is 9.53 Å². The summed E-state index contributed by atoms with van der Waals surface area (Å²) in [5.41, 5.74) is 1.32. The minimum Gasteiger partial charge on any atom is -0.381 e. The number of carbonyl (C=O) groups excluding carboxylic acids is 1. The summed E-state index contributed by atoms with van der Waals surface area (Å²) in [6.45, 7) is 4.24. The molecule has 1 saturated heterocycles. The Kier molecular flexibility index (Phi) is 3.84. The number of carbonyl (C=O) groups is 1. The topological polar surface area (TPSA) is 67.0 Å². The van der Waals surface area contributed by atoms with Gasteiger partial charge in [-0.05, 0) is 31.5 Å². The molecule has 1 atom stereocenters. The van der Waals surface area contributed by atoms with Gasteiger partial charge in [-0.15, -0.1) is 11.3 Å². The molecule has 1 fully saturated rings. The summed E-state index contributed by atoms with van der Waals surface area (Å²) in [5.74, 6) is 0.296. The van der Waals surface area contributed by atoms with Gasteiger partial charge in [0.15, 0.2) is 5.69 Å². The maximum Gasteiger partial charge on any atom is 0.271 e. The van der Waals surface area contributed by atoms with E-state index in [0.717, 1.165) is 30.2 Å². The second-order valence-electron chi connectivity index (χ2n) is 5.02. The fourth-order valence-corrected chi connectivity index (χ4v) is 3.05. The molecule has 0 unspecified atom stereocenters. The van der Waals surface area contributed by atoms with Gasteiger partial charge in [-0.1, -0.05) is 0 Å².